The van der Waals surface area contributed by atoms with Gasteiger partial charge in [-0.1, -0.05) is 37.3 Å². The lowest BCUT2D eigenvalue weighted by atomic mass is 10.0. The van der Waals surface area contributed by atoms with Crippen LogP contribution in [0.3, 0.4) is 0 Å². The molecule has 0 bridgehead atoms. The highest BCUT2D eigenvalue weighted by atomic mass is 35.5. The van der Waals surface area contributed by atoms with Crippen molar-refractivity contribution in [2.75, 3.05) is 6.61 Å². The summed E-state index contributed by atoms with van der Waals surface area (Å²) in [7, 11) is -1.19. The van der Waals surface area contributed by atoms with Crippen molar-refractivity contribution < 1.29 is 13.5 Å². The highest BCUT2D eigenvalue weighted by Gasteiger charge is 2.19. The summed E-state index contributed by atoms with van der Waals surface area (Å²) in [6.07, 6.45) is 1.67. The minimum absolute atomic E-state index is 0.0672. The molecule has 0 fully saturated rings. The van der Waals surface area contributed by atoms with Gasteiger partial charge in [0.05, 0.1) is 5.56 Å². The Kier molecular flexibility index (Phi) is 5.46. The number of pyridine rings is 1. The number of halogens is 3. The number of rotatable bonds is 6. The molecule has 0 unspecified atom stereocenters. The molecule has 138 valence electrons. The third kappa shape index (κ3) is 4.14. The van der Waals surface area contributed by atoms with Crippen molar-refractivity contribution in [3.63, 3.8) is 0 Å². The minimum atomic E-state index is -1.19. The van der Waals surface area contributed by atoms with Gasteiger partial charge in [-0.15, -0.1) is 0 Å². The van der Waals surface area contributed by atoms with Crippen LogP contribution in [0.2, 0.25) is 30.8 Å². The first-order valence-corrected chi connectivity index (χ1v) is 12.5. The van der Waals surface area contributed by atoms with Gasteiger partial charge in [0.1, 0.15) is 29.2 Å². The van der Waals surface area contributed by atoms with E-state index in [1.54, 1.807) is 22.9 Å². The van der Waals surface area contributed by atoms with E-state index in [-0.39, 0.29) is 12.3 Å². The quantitative estimate of drug-likeness (QED) is 0.293. The molecule has 7 heteroatoms. The molecule has 26 heavy (non-hydrogen) atoms. The van der Waals surface area contributed by atoms with E-state index in [1.807, 2.05) is 0 Å². The molecule has 0 aliphatic heterocycles. The zero-order chi connectivity index (χ0) is 18.9. The van der Waals surface area contributed by atoms with E-state index in [4.69, 9.17) is 16.3 Å². The lowest BCUT2D eigenvalue weighted by Gasteiger charge is -2.15. The van der Waals surface area contributed by atoms with Crippen molar-refractivity contribution in [1.82, 2.24) is 9.55 Å². The molecule has 0 aliphatic rings. The second-order valence-electron chi connectivity index (χ2n) is 7.46. The van der Waals surface area contributed by atoms with Crippen LogP contribution < -0.4 is 0 Å². The third-order valence-electron chi connectivity index (χ3n) is 4.15. The van der Waals surface area contributed by atoms with Gasteiger partial charge in [-0.2, -0.15) is 0 Å². The molecular formula is C19H21ClF2N2OSi. The average molecular weight is 395 g/mol. The molecular weight excluding hydrogens is 374 g/mol. The highest BCUT2D eigenvalue weighted by molar-refractivity contribution is 6.76. The molecule has 0 radical (unpaired) electrons. The van der Waals surface area contributed by atoms with Gasteiger partial charge < -0.3 is 9.30 Å². The van der Waals surface area contributed by atoms with Gasteiger partial charge >= 0.3 is 0 Å². The Morgan fingerprint density at radius 3 is 2.46 bits per heavy atom. The SMILES string of the molecule is C[Si](C)(C)CCOCn1cc(-c2c(F)cccc2F)c2ccc(Cl)nc21. The van der Waals surface area contributed by atoms with E-state index in [1.165, 1.54) is 18.2 Å². The molecule has 2 aromatic heterocycles. The predicted octanol–water partition coefficient (Wildman–Crippen LogP) is 5.95. The van der Waals surface area contributed by atoms with Gasteiger partial charge in [0.15, 0.2) is 0 Å². The standard InChI is InChI=1S/C19H21ClF2N2OSi/c1-26(2,3)10-9-25-12-24-11-14(13-7-8-17(20)23-19(13)24)18-15(21)5-4-6-16(18)22/h4-8,11H,9-10,12H2,1-3H3. The second-order valence-corrected chi connectivity index (χ2v) is 13.5. The number of ether oxygens (including phenoxy) is 1. The molecule has 0 saturated carbocycles. The van der Waals surface area contributed by atoms with Crippen LogP contribution >= 0.6 is 11.6 Å². The van der Waals surface area contributed by atoms with Crippen LogP contribution in [-0.2, 0) is 11.5 Å². The fraction of sp³-hybridized carbons (Fsp3) is 0.316. The van der Waals surface area contributed by atoms with E-state index in [2.05, 4.69) is 24.6 Å². The maximum absolute atomic E-state index is 14.3. The van der Waals surface area contributed by atoms with Crippen molar-refractivity contribution in [1.29, 1.82) is 0 Å². The fourth-order valence-electron chi connectivity index (χ4n) is 2.73. The van der Waals surface area contributed by atoms with E-state index in [0.29, 0.717) is 28.4 Å². The zero-order valence-electron chi connectivity index (χ0n) is 15.0. The van der Waals surface area contributed by atoms with E-state index in [0.717, 1.165) is 6.04 Å². The first-order valence-electron chi connectivity index (χ1n) is 8.44. The van der Waals surface area contributed by atoms with Gasteiger partial charge in [0.2, 0.25) is 0 Å². The number of nitrogens with zero attached hydrogens (tertiary/aromatic N) is 2. The van der Waals surface area contributed by atoms with Crippen LogP contribution in [0.25, 0.3) is 22.2 Å². The Balaban J connectivity index is 1.98. The molecule has 0 saturated heterocycles. The average Bonchev–Trinajstić information content (AvgIpc) is 2.88. The van der Waals surface area contributed by atoms with Gasteiger partial charge in [0.25, 0.3) is 0 Å². The Bertz CT molecular complexity index is 917. The maximum Gasteiger partial charge on any atom is 0.144 e. The first kappa shape index (κ1) is 19.0. The van der Waals surface area contributed by atoms with Crippen LogP contribution in [0.15, 0.2) is 36.5 Å². The lowest BCUT2D eigenvalue weighted by Crippen LogP contribution is -2.22. The molecule has 0 atom stereocenters. The Labute approximate surface area is 157 Å². The van der Waals surface area contributed by atoms with E-state index < -0.39 is 19.7 Å². The minimum Gasteiger partial charge on any atom is -0.361 e. The normalized spacial score (nSPS) is 12.1. The van der Waals surface area contributed by atoms with Gasteiger partial charge in [0, 0.05) is 31.8 Å². The van der Waals surface area contributed by atoms with Crippen LogP contribution in [-0.4, -0.2) is 24.2 Å². The fourth-order valence-corrected chi connectivity index (χ4v) is 3.63. The summed E-state index contributed by atoms with van der Waals surface area (Å²) in [5.41, 5.74) is 0.916. The molecule has 2 heterocycles. The molecule has 0 N–H and O–H groups in total. The summed E-state index contributed by atoms with van der Waals surface area (Å²) in [5, 5.41) is 0.951. The smallest absolute Gasteiger partial charge is 0.144 e. The van der Waals surface area contributed by atoms with Crippen molar-refractivity contribution in [3.05, 3.63) is 53.3 Å². The number of fused-ring (bicyclic) bond motifs is 1. The van der Waals surface area contributed by atoms with Crippen molar-refractivity contribution >= 4 is 30.7 Å². The summed E-state index contributed by atoms with van der Waals surface area (Å²) in [6, 6.07) is 8.22. The monoisotopic (exact) mass is 394 g/mol. The van der Waals surface area contributed by atoms with Gasteiger partial charge in [-0.05, 0) is 30.3 Å². The molecule has 3 rings (SSSR count). The molecule has 0 amide bonds. The van der Waals surface area contributed by atoms with Crippen molar-refractivity contribution in [3.8, 4) is 11.1 Å². The maximum atomic E-state index is 14.3. The van der Waals surface area contributed by atoms with Crippen LogP contribution in [0.5, 0.6) is 0 Å². The number of hydrogen-bond acceptors (Lipinski definition) is 2. The molecule has 3 nitrogen and oxygen atoms in total. The highest BCUT2D eigenvalue weighted by Crippen LogP contribution is 2.34. The van der Waals surface area contributed by atoms with Gasteiger partial charge in [-0.25, -0.2) is 13.8 Å². The molecule has 0 aliphatic carbocycles. The summed E-state index contributed by atoms with van der Waals surface area (Å²) in [4.78, 5) is 4.32. The summed E-state index contributed by atoms with van der Waals surface area (Å²) in [6.45, 7) is 7.73. The lowest BCUT2D eigenvalue weighted by molar-refractivity contribution is 0.0899. The third-order valence-corrected chi connectivity index (χ3v) is 6.06. The summed E-state index contributed by atoms with van der Waals surface area (Å²) >= 11 is 6.02. The van der Waals surface area contributed by atoms with Crippen LogP contribution in [0.4, 0.5) is 8.78 Å². The first-order chi connectivity index (χ1) is 12.3. The summed E-state index contributed by atoms with van der Waals surface area (Å²) < 4.78 is 36.1. The predicted molar refractivity (Wildman–Crippen MR) is 104 cm³/mol. The summed E-state index contributed by atoms with van der Waals surface area (Å²) in [5.74, 6) is -1.22. The Morgan fingerprint density at radius 1 is 1.12 bits per heavy atom. The van der Waals surface area contributed by atoms with Crippen LogP contribution in [0, 0.1) is 11.6 Å². The van der Waals surface area contributed by atoms with Crippen molar-refractivity contribution in [2.24, 2.45) is 0 Å². The Hall–Kier alpha value is -1.76. The topological polar surface area (TPSA) is 27.1 Å². The number of hydrogen-bond donors (Lipinski definition) is 0. The number of benzene rings is 1. The number of aromatic nitrogens is 2. The molecule has 1 aromatic carbocycles. The van der Waals surface area contributed by atoms with E-state index >= 15 is 0 Å². The second kappa shape index (κ2) is 7.46. The molecule has 0 spiro atoms. The van der Waals surface area contributed by atoms with E-state index in [9.17, 15) is 8.78 Å². The molecule has 3 aromatic rings. The van der Waals surface area contributed by atoms with Crippen molar-refractivity contribution in [2.45, 2.75) is 32.4 Å². The zero-order valence-corrected chi connectivity index (χ0v) is 16.8. The van der Waals surface area contributed by atoms with Gasteiger partial charge in [-0.3, -0.25) is 0 Å². The van der Waals surface area contributed by atoms with Crippen LogP contribution in [0.1, 0.15) is 0 Å². The largest absolute Gasteiger partial charge is 0.361 e. The Morgan fingerprint density at radius 2 is 1.81 bits per heavy atom.